The molecule has 1 nitrogen and oxygen atoms in total. The fourth-order valence-electron chi connectivity index (χ4n) is 3.20. The zero-order chi connectivity index (χ0) is 12.5. The van der Waals surface area contributed by atoms with E-state index in [0.29, 0.717) is 5.41 Å². The van der Waals surface area contributed by atoms with Crippen LogP contribution in [0.4, 0.5) is 12.9 Å². The second-order valence-corrected chi connectivity index (χ2v) is 5.72. The monoisotopic (exact) mass is 285 g/mol. The Hall–Kier alpha value is 1.19. The average molecular weight is 285 g/mol. The van der Waals surface area contributed by atoms with Gasteiger partial charge in [0.05, 0.1) is 0 Å². The quantitative estimate of drug-likeness (QED) is 0.686. The number of rotatable bonds is 3. The Kier molecular flexibility index (Phi) is 6.48. The van der Waals surface area contributed by atoms with Gasteiger partial charge in [0, 0.05) is 0 Å². The van der Waals surface area contributed by atoms with Crippen molar-refractivity contribution in [3.05, 3.63) is 12.1 Å². The molecule has 0 amide bonds. The third kappa shape index (κ3) is 4.35. The molecule has 1 aliphatic carbocycles. The van der Waals surface area contributed by atoms with Gasteiger partial charge in [0.25, 0.3) is 0 Å². The number of hydrogen-bond donors (Lipinski definition) is 0. The molecule has 1 saturated carbocycles. The van der Waals surface area contributed by atoms with Gasteiger partial charge in [-0.2, -0.15) is 0 Å². The first kappa shape index (κ1) is 17.2. The maximum absolute atomic E-state index is 12.4. The predicted molar refractivity (Wildman–Crippen MR) is 64.8 cm³/mol. The smallest absolute Gasteiger partial charge is 0.445 e. The van der Waals surface area contributed by atoms with Crippen molar-refractivity contribution >= 4 is 6.98 Å². The number of halogens is 3. The maximum Gasteiger partial charge on any atom is 1.00 e. The van der Waals surface area contributed by atoms with Crippen molar-refractivity contribution in [3.8, 4) is 0 Å². The molecule has 0 bridgehead atoms. The third-order valence-electron chi connectivity index (χ3n) is 4.47. The van der Waals surface area contributed by atoms with Gasteiger partial charge >= 0.3 is 58.4 Å². The second-order valence-electron chi connectivity index (χ2n) is 5.72. The molecule has 1 saturated heterocycles. The van der Waals surface area contributed by atoms with E-state index in [1.807, 2.05) is 4.90 Å². The van der Waals surface area contributed by atoms with Gasteiger partial charge in [0.15, 0.2) is 0 Å². The van der Waals surface area contributed by atoms with Gasteiger partial charge in [0.1, 0.15) is 0 Å². The van der Waals surface area contributed by atoms with Crippen LogP contribution in [-0.2, 0) is 0 Å². The van der Waals surface area contributed by atoms with Crippen LogP contribution in [0.3, 0.4) is 0 Å². The summed E-state index contributed by atoms with van der Waals surface area (Å²) >= 11 is 0. The first-order valence-electron chi connectivity index (χ1n) is 6.51. The van der Waals surface area contributed by atoms with Gasteiger partial charge in [-0.1, -0.05) is 12.8 Å². The molecule has 0 aromatic heterocycles. The average Bonchev–Trinajstić information content (AvgIpc) is 2.69. The number of nitrogens with zero attached hydrogens (tertiary/aromatic N) is 1. The SMILES string of the molecule is C=C(CN1CCC2(CCCC2)CC1)[B-](F)(F)F.[K+]. The maximum atomic E-state index is 12.4. The van der Waals surface area contributed by atoms with E-state index in [1.54, 1.807) is 0 Å². The zero-order valence-electron chi connectivity index (χ0n) is 11.2. The minimum absolute atomic E-state index is 0. The molecule has 6 heteroatoms. The van der Waals surface area contributed by atoms with Crippen LogP contribution in [-0.4, -0.2) is 31.5 Å². The molecule has 2 aliphatic rings. The van der Waals surface area contributed by atoms with Gasteiger partial charge < -0.3 is 17.8 Å². The Morgan fingerprint density at radius 3 is 2.00 bits per heavy atom. The molecule has 0 atom stereocenters. The Morgan fingerprint density at radius 2 is 1.56 bits per heavy atom. The molecule has 0 N–H and O–H groups in total. The summed E-state index contributed by atoms with van der Waals surface area (Å²) in [5, 5.41) is 0. The van der Waals surface area contributed by atoms with E-state index in [9.17, 15) is 12.9 Å². The molecule has 1 aliphatic heterocycles. The van der Waals surface area contributed by atoms with Crippen molar-refractivity contribution in [1.82, 2.24) is 4.90 Å². The summed E-state index contributed by atoms with van der Waals surface area (Å²) in [5.41, 5.74) is -0.0753. The van der Waals surface area contributed by atoms with Crippen molar-refractivity contribution < 1.29 is 64.3 Å². The molecule has 1 spiro atoms. The van der Waals surface area contributed by atoms with E-state index >= 15 is 0 Å². The van der Waals surface area contributed by atoms with E-state index < -0.39 is 12.4 Å². The first-order chi connectivity index (χ1) is 7.91. The molecule has 98 valence electrons. The largest absolute Gasteiger partial charge is 1.00 e. The standard InChI is InChI=1S/C12H20BF3N.K/c1-11(13(14,15)16)10-17-8-6-12(7-9-17)4-2-3-5-12;/h1-10H2;/q-1;+1. The molecule has 0 aromatic carbocycles. The molecular formula is C12H20BF3KN. The van der Waals surface area contributed by atoms with Crippen LogP contribution in [0.15, 0.2) is 12.1 Å². The van der Waals surface area contributed by atoms with Crippen LogP contribution in [0.5, 0.6) is 0 Å². The van der Waals surface area contributed by atoms with Crippen molar-refractivity contribution in [3.63, 3.8) is 0 Å². The fourth-order valence-corrected chi connectivity index (χ4v) is 3.20. The molecule has 1 heterocycles. The number of piperidine rings is 1. The van der Waals surface area contributed by atoms with Gasteiger partial charge in [0.2, 0.25) is 0 Å². The Labute approximate surface area is 150 Å². The van der Waals surface area contributed by atoms with Crippen LogP contribution in [0.2, 0.25) is 0 Å². The van der Waals surface area contributed by atoms with E-state index in [1.165, 1.54) is 25.7 Å². The number of hydrogen-bond acceptors (Lipinski definition) is 1. The summed E-state index contributed by atoms with van der Waals surface area (Å²) < 4.78 is 37.3. The molecular weight excluding hydrogens is 265 g/mol. The summed E-state index contributed by atoms with van der Waals surface area (Å²) in [6.45, 7) is -0.0528. The van der Waals surface area contributed by atoms with Crippen LogP contribution in [0.25, 0.3) is 0 Å². The normalized spacial score (nSPS) is 23.9. The minimum Gasteiger partial charge on any atom is -0.445 e. The van der Waals surface area contributed by atoms with Crippen LogP contribution >= 0.6 is 0 Å². The van der Waals surface area contributed by atoms with Crippen molar-refractivity contribution in [1.29, 1.82) is 0 Å². The molecule has 0 aromatic rings. The summed E-state index contributed by atoms with van der Waals surface area (Å²) in [6, 6.07) is 0. The summed E-state index contributed by atoms with van der Waals surface area (Å²) in [4.78, 5) is 1.92. The van der Waals surface area contributed by atoms with Gasteiger partial charge in [-0.3, -0.25) is 0 Å². The van der Waals surface area contributed by atoms with E-state index in [2.05, 4.69) is 6.58 Å². The van der Waals surface area contributed by atoms with Gasteiger partial charge in [-0.25, -0.2) is 0 Å². The van der Waals surface area contributed by atoms with Crippen LogP contribution < -0.4 is 51.4 Å². The van der Waals surface area contributed by atoms with Crippen molar-refractivity contribution in [2.24, 2.45) is 5.41 Å². The van der Waals surface area contributed by atoms with Gasteiger partial charge in [-0.05, 0) is 50.7 Å². The van der Waals surface area contributed by atoms with Crippen molar-refractivity contribution in [2.75, 3.05) is 19.6 Å². The van der Waals surface area contributed by atoms with E-state index in [-0.39, 0.29) is 57.9 Å². The minimum atomic E-state index is -4.86. The molecule has 0 radical (unpaired) electrons. The molecule has 0 unspecified atom stereocenters. The Morgan fingerprint density at radius 1 is 1.06 bits per heavy atom. The third-order valence-corrected chi connectivity index (χ3v) is 4.47. The van der Waals surface area contributed by atoms with Gasteiger partial charge in [-0.15, -0.1) is 12.1 Å². The second kappa shape index (κ2) is 6.76. The zero-order valence-corrected chi connectivity index (χ0v) is 14.4. The van der Waals surface area contributed by atoms with E-state index in [0.717, 1.165) is 25.9 Å². The van der Waals surface area contributed by atoms with E-state index in [4.69, 9.17) is 0 Å². The molecule has 18 heavy (non-hydrogen) atoms. The summed E-state index contributed by atoms with van der Waals surface area (Å²) in [5.74, 6) is 0. The summed E-state index contributed by atoms with van der Waals surface area (Å²) in [7, 11) is 0. The predicted octanol–water partition coefficient (Wildman–Crippen LogP) is 0.589. The van der Waals surface area contributed by atoms with Crippen LogP contribution in [0.1, 0.15) is 38.5 Å². The number of likely N-dealkylation sites (tertiary alicyclic amines) is 1. The summed E-state index contributed by atoms with van der Waals surface area (Å²) in [6.07, 6.45) is 7.32. The molecule has 2 fully saturated rings. The first-order valence-corrected chi connectivity index (χ1v) is 6.51. The Balaban J connectivity index is 0.00000162. The van der Waals surface area contributed by atoms with Crippen LogP contribution in [0, 0.1) is 5.41 Å². The molecule has 2 rings (SSSR count). The Bertz CT molecular complexity index is 290. The fraction of sp³-hybridized carbons (Fsp3) is 0.833. The topological polar surface area (TPSA) is 3.24 Å². The van der Waals surface area contributed by atoms with Crippen molar-refractivity contribution in [2.45, 2.75) is 38.5 Å².